The van der Waals surface area contributed by atoms with Crippen LogP contribution in [0.5, 0.6) is 0 Å². The number of rotatable bonds is 7. The van der Waals surface area contributed by atoms with Gasteiger partial charge in [-0.1, -0.05) is 78.0 Å². The molecule has 0 bridgehead atoms. The van der Waals surface area contributed by atoms with Gasteiger partial charge in [0, 0.05) is 37.0 Å². The van der Waals surface area contributed by atoms with Crippen molar-refractivity contribution in [1.82, 2.24) is 20.0 Å². The maximum absolute atomic E-state index is 11.5. The van der Waals surface area contributed by atoms with Crippen molar-refractivity contribution >= 4 is 17.0 Å². The maximum atomic E-state index is 11.5. The average molecular weight is 453 g/mol. The number of hydrogen-bond acceptors (Lipinski definition) is 4. The predicted molar refractivity (Wildman–Crippen MR) is 130 cm³/mol. The number of aromatic nitrogens is 3. The quantitative estimate of drug-likeness (QED) is 0.346. The molecule has 2 heterocycles. The lowest BCUT2D eigenvalue weighted by atomic mass is 10.0. The van der Waals surface area contributed by atoms with Gasteiger partial charge in [-0.3, -0.25) is 0 Å². The van der Waals surface area contributed by atoms with Gasteiger partial charge in [-0.25, -0.2) is 4.79 Å². The summed E-state index contributed by atoms with van der Waals surface area (Å²) in [5, 5.41) is 17.1. The third-order valence-electron chi connectivity index (χ3n) is 5.91. The summed E-state index contributed by atoms with van der Waals surface area (Å²) in [4.78, 5) is 16.0. The number of para-hydroxylation sites is 1. The molecule has 7 nitrogen and oxygen atoms in total. The molecule has 0 saturated heterocycles. The van der Waals surface area contributed by atoms with Crippen LogP contribution in [0.25, 0.3) is 22.0 Å². The van der Waals surface area contributed by atoms with Crippen LogP contribution in [-0.4, -0.2) is 25.9 Å². The van der Waals surface area contributed by atoms with Crippen LogP contribution in [0.1, 0.15) is 28.9 Å². The van der Waals surface area contributed by atoms with Gasteiger partial charge in [-0.15, -0.1) is 0 Å². The lowest BCUT2D eigenvalue weighted by Gasteiger charge is -2.12. The molecule has 0 aliphatic rings. The lowest BCUT2D eigenvalue weighted by molar-refractivity contribution is 0.186. The van der Waals surface area contributed by atoms with Crippen molar-refractivity contribution in [3.05, 3.63) is 108 Å². The number of nitrogens with one attached hydrogen (secondary N) is 1. The van der Waals surface area contributed by atoms with Crippen molar-refractivity contribution in [2.24, 2.45) is 7.05 Å². The molecule has 1 unspecified atom stereocenters. The van der Waals surface area contributed by atoms with E-state index in [0.717, 1.165) is 33.2 Å². The summed E-state index contributed by atoms with van der Waals surface area (Å²) < 4.78 is 7.52. The van der Waals surface area contributed by atoms with Crippen LogP contribution >= 0.6 is 0 Å². The third kappa shape index (κ3) is 4.54. The van der Waals surface area contributed by atoms with Gasteiger partial charge < -0.3 is 19.5 Å². The van der Waals surface area contributed by atoms with Gasteiger partial charge in [0.05, 0.1) is 0 Å². The Morgan fingerprint density at radius 1 is 1.00 bits per heavy atom. The Bertz CT molecular complexity index is 1420. The topological polar surface area (TPSA) is 93.2 Å². The van der Waals surface area contributed by atoms with Crippen molar-refractivity contribution in [2.45, 2.75) is 18.9 Å². The largest absolute Gasteiger partial charge is 0.465 e. The first-order valence-corrected chi connectivity index (χ1v) is 11.1. The summed E-state index contributed by atoms with van der Waals surface area (Å²) in [5.74, 6) is 0.767. The van der Waals surface area contributed by atoms with E-state index in [0.29, 0.717) is 18.7 Å². The maximum Gasteiger partial charge on any atom is 0.405 e. The molecule has 34 heavy (non-hydrogen) atoms. The van der Waals surface area contributed by atoms with Crippen LogP contribution in [-0.2, 0) is 19.9 Å². The van der Waals surface area contributed by atoms with E-state index < -0.39 is 12.1 Å². The third-order valence-corrected chi connectivity index (χ3v) is 5.91. The number of hydrogen-bond donors (Lipinski definition) is 2. The molecule has 5 aromatic rings. The first-order valence-electron chi connectivity index (χ1n) is 11.1. The van der Waals surface area contributed by atoms with Crippen LogP contribution < -0.4 is 5.32 Å². The second kappa shape index (κ2) is 9.23. The Kier molecular flexibility index (Phi) is 5.82. The van der Waals surface area contributed by atoms with Crippen LogP contribution in [0.15, 0.2) is 89.6 Å². The van der Waals surface area contributed by atoms with E-state index in [9.17, 15) is 9.90 Å². The molecule has 1 atom stereocenters. The minimum atomic E-state index is -1.14. The molecule has 0 fully saturated rings. The number of amides is 1. The minimum absolute atomic E-state index is 0.256. The fraction of sp³-hybridized carbons (Fsp3) is 0.148. The number of benzene rings is 3. The van der Waals surface area contributed by atoms with Crippen molar-refractivity contribution < 1.29 is 14.4 Å². The highest BCUT2D eigenvalue weighted by atomic mass is 16.5. The molecule has 1 amide bonds. The molecule has 2 N–H and O–H groups in total. The second-order valence-corrected chi connectivity index (χ2v) is 8.28. The number of carbonyl (C=O) groups is 1. The summed E-state index contributed by atoms with van der Waals surface area (Å²) in [5.41, 5.74) is 5.43. The highest BCUT2D eigenvalue weighted by Crippen LogP contribution is 2.26. The Morgan fingerprint density at radius 2 is 1.71 bits per heavy atom. The van der Waals surface area contributed by atoms with E-state index in [1.165, 1.54) is 0 Å². The van der Waals surface area contributed by atoms with E-state index in [2.05, 4.69) is 39.7 Å². The molecule has 170 valence electrons. The monoisotopic (exact) mass is 452 g/mol. The summed E-state index contributed by atoms with van der Waals surface area (Å²) in [6.45, 7) is 0. The Labute approximate surface area is 196 Å². The Morgan fingerprint density at radius 3 is 2.47 bits per heavy atom. The van der Waals surface area contributed by atoms with E-state index in [1.807, 2.05) is 72.4 Å². The number of carboxylic acid groups (broad SMARTS) is 1. The van der Waals surface area contributed by atoms with Gasteiger partial charge in [0.15, 0.2) is 5.82 Å². The predicted octanol–water partition coefficient (Wildman–Crippen LogP) is 5.37. The van der Waals surface area contributed by atoms with Gasteiger partial charge in [0.2, 0.25) is 5.89 Å². The minimum Gasteiger partial charge on any atom is -0.465 e. The average Bonchev–Trinajstić information content (AvgIpc) is 3.44. The molecule has 0 aliphatic carbocycles. The lowest BCUT2D eigenvalue weighted by Crippen LogP contribution is -2.28. The summed E-state index contributed by atoms with van der Waals surface area (Å²) in [6, 6.07) is 25.8. The second-order valence-electron chi connectivity index (χ2n) is 8.28. The first kappa shape index (κ1) is 21.5. The van der Waals surface area contributed by atoms with Crippen molar-refractivity contribution in [2.75, 3.05) is 0 Å². The SMILES string of the molecule is Cn1cc(CC(NC(=O)O)c2nc(Cc3ccc(-c4ccccc4)cc3)no2)c2ccccc21. The summed E-state index contributed by atoms with van der Waals surface area (Å²) in [7, 11) is 1.97. The van der Waals surface area contributed by atoms with E-state index in [4.69, 9.17) is 4.52 Å². The zero-order valence-corrected chi connectivity index (χ0v) is 18.7. The van der Waals surface area contributed by atoms with E-state index in [1.54, 1.807) is 0 Å². The van der Waals surface area contributed by atoms with Gasteiger partial charge in [0.1, 0.15) is 6.04 Å². The molecule has 2 aromatic heterocycles. The van der Waals surface area contributed by atoms with Gasteiger partial charge in [-0.05, 0) is 28.3 Å². The zero-order valence-electron chi connectivity index (χ0n) is 18.7. The van der Waals surface area contributed by atoms with Crippen LogP contribution in [0.2, 0.25) is 0 Å². The highest BCUT2D eigenvalue weighted by molar-refractivity contribution is 5.84. The summed E-state index contributed by atoms with van der Waals surface area (Å²) in [6.07, 6.45) is 1.77. The smallest absolute Gasteiger partial charge is 0.405 e. The molecule has 0 saturated carbocycles. The number of fused-ring (bicyclic) bond motifs is 1. The number of aryl methyl sites for hydroxylation is 1. The molecule has 3 aromatic carbocycles. The van der Waals surface area contributed by atoms with Crippen LogP contribution in [0.3, 0.4) is 0 Å². The molecule has 7 heteroatoms. The van der Waals surface area contributed by atoms with E-state index in [-0.39, 0.29) is 5.89 Å². The van der Waals surface area contributed by atoms with Crippen LogP contribution in [0, 0.1) is 0 Å². The van der Waals surface area contributed by atoms with Gasteiger partial charge in [-0.2, -0.15) is 4.98 Å². The summed E-state index contributed by atoms with van der Waals surface area (Å²) >= 11 is 0. The Hall–Kier alpha value is -4.39. The van der Waals surface area contributed by atoms with Crippen molar-refractivity contribution in [3.8, 4) is 11.1 Å². The van der Waals surface area contributed by atoms with Crippen molar-refractivity contribution in [1.29, 1.82) is 0 Å². The van der Waals surface area contributed by atoms with Crippen LogP contribution in [0.4, 0.5) is 4.79 Å². The molecule has 0 aliphatic heterocycles. The fourth-order valence-corrected chi connectivity index (χ4v) is 4.27. The zero-order chi connectivity index (χ0) is 23.5. The fourth-order valence-electron chi connectivity index (χ4n) is 4.27. The molecular weight excluding hydrogens is 428 g/mol. The first-order chi connectivity index (χ1) is 16.6. The highest BCUT2D eigenvalue weighted by Gasteiger charge is 2.23. The van der Waals surface area contributed by atoms with Gasteiger partial charge in [0.25, 0.3) is 0 Å². The van der Waals surface area contributed by atoms with Crippen molar-refractivity contribution in [3.63, 3.8) is 0 Å². The van der Waals surface area contributed by atoms with Gasteiger partial charge >= 0.3 is 6.09 Å². The normalized spacial score (nSPS) is 12.0. The molecule has 0 spiro atoms. The Balaban J connectivity index is 1.35. The number of nitrogens with zero attached hydrogens (tertiary/aromatic N) is 3. The standard InChI is InChI=1S/C27H24N4O3/c1-31-17-21(22-9-5-6-10-24(22)31)16-23(28-27(32)33)26-29-25(30-34-26)15-18-11-13-20(14-12-18)19-7-3-2-4-8-19/h2-14,17,23,28H,15-16H2,1H3,(H,32,33). The molecular formula is C27H24N4O3. The molecule has 0 radical (unpaired) electrons. The molecule has 5 rings (SSSR count). The van der Waals surface area contributed by atoms with E-state index >= 15 is 0 Å².